The Morgan fingerprint density at radius 1 is 1.05 bits per heavy atom. The number of hydrogen-bond donors (Lipinski definition) is 0. The summed E-state index contributed by atoms with van der Waals surface area (Å²) in [6, 6.07) is 7.57. The number of anilines is 1. The summed E-state index contributed by atoms with van der Waals surface area (Å²) in [5, 5.41) is 0. The predicted octanol–water partition coefficient (Wildman–Crippen LogP) is 3.53. The van der Waals surface area contributed by atoms with Crippen LogP contribution in [0.2, 0.25) is 0 Å². The van der Waals surface area contributed by atoms with Crippen molar-refractivity contribution in [1.29, 1.82) is 0 Å². The summed E-state index contributed by atoms with van der Waals surface area (Å²) in [6.45, 7) is 4.13. The Kier molecular flexibility index (Phi) is 3.44. The number of carbonyl (C=O) groups excluding carboxylic acids is 2. The number of amides is 2. The number of rotatable bonds is 1. The Balaban J connectivity index is 1.98. The highest BCUT2D eigenvalue weighted by molar-refractivity contribution is 14.1. The summed E-state index contributed by atoms with van der Waals surface area (Å²) in [5.41, 5.74) is 3.23. The first-order valence-corrected chi connectivity index (χ1v) is 7.85. The molecule has 2 aliphatic rings. The van der Waals surface area contributed by atoms with Crippen molar-refractivity contribution in [3.8, 4) is 0 Å². The second-order valence-electron chi connectivity index (χ2n) is 5.67. The second kappa shape index (κ2) is 4.98. The summed E-state index contributed by atoms with van der Waals surface area (Å²) < 4.78 is 1.03. The first-order chi connectivity index (χ1) is 9.49. The summed E-state index contributed by atoms with van der Waals surface area (Å²) in [7, 11) is 0. The molecular formula is C16H16INO2. The molecule has 0 radical (unpaired) electrons. The molecule has 2 amide bonds. The zero-order valence-corrected chi connectivity index (χ0v) is 13.7. The van der Waals surface area contributed by atoms with E-state index < -0.39 is 0 Å². The Hall–Kier alpha value is -1.17. The fourth-order valence-corrected chi connectivity index (χ4v) is 3.65. The minimum atomic E-state index is -0.163. The molecule has 1 fully saturated rings. The van der Waals surface area contributed by atoms with Crippen LogP contribution >= 0.6 is 22.6 Å². The predicted molar refractivity (Wildman–Crippen MR) is 86.2 cm³/mol. The van der Waals surface area contributed by atoms with E-state index in [1.807, 2.05) is 24.3 Å². The smallest absolute Gasteiger partial charge is 0.238 e. The van der Waals surface area contributed by atoms with Crippen molar-refractivity contribution in [2.75, 3.05) is 4.90 Å². The maximum Gasteiger partial charge on any atom is 0.238 e. The zero-order chi connectivity index (χ0) is 14.4. The van der Waals surface area contributed by atoms with E-state index in [2.05, 4.69) is 36.4 Å². The van der Waals surface area contributed by atoms with Crippen LogP contribution in [0.1, 0.15) is 26.7 Å². The zero-order valence-electron chi connectivity index (χ0n) is 11.5. The number of carbonyl (C=O) groups is 2. The third-order valence-electron chi connectivity index (χ3n) is 4.41. The van der Waals surface area contributed by atoms with Gasteiger partial charge in [-0.05, 0) is 67.5 Å². The average molecular weight is 381 g/mol. The number of benzene rings is 1. The van der Waals surface area contributed by atoms with Crippen molar-refractivity contribution in [2.24, 2.45) is 11.8 Å². The first kappa shape index (κ1) is 13.8. The molecule has 104 valence electrons. The minimum absolute atomic E-state index is 0.0335. The molecule has 0 aromatic heterocycles. The van der Waals surface area contributed by atoms with E-state index in [0.717, 1.165) is 16.4 Å². The quantitative estimate of drug-likeness (QED) is 0.424. The lowest BCUT2D eigenvalue weighted by atomic mass is 9.78. The van der Waals surface area contributed by atoms with Gasteiger partial charge >= 0.3 is 0 Å². The van der Waals surface area contributed by atoms with Crippen molar-refractivity contribution in [3.05, 3.63) is 39.0 Å². The Bertz CT molecular complexity index is 603. The molecule has 1 aromatic rings. The van der Waals surface area contributed by atoms with Crippen molar-refractivity contribution < 1.29 is 9.59 Å². The van der Waals surface area contributed by atoms with E-state index in [1.165, 1.54) is 16.0 Å². The van der Waals surface area contributed by atoms with E-state index in [0.29, 0.717) is 5.69 Å². The lowest BCUT2D eigenvalue weighted by Crippen LogP contribution is -2.30. The van der Waals surface area contributed by atoms with Crippen LogP contribution in [0.5, 0.6) is 0 Å². The van der Waals surface area contributed by atoms with Crippen molar-refractivity contribution in [3.63, 3.8) is 0 Å². The van der Waals surface area contributed by atoms with Gasteiger partial charge in [-0.2, -0.15) is 0 Å². The van der Waals surface area contributed by atoms with Gasteiger partial charge in [0.15, 0.2) is 0 Å². The van der Waals surface area contributed by atoms with E-state index in [4.69, 9.17) is 0 Å². The molecule has 0 spiro atoms. The van der Waals surface area contributed by atoms with Gasteiger partial charge in [-0.15, -0.1) is 0 Å². The molecule has 20 heavy (non-hydrogen) atoms. The van der Waals surface area contributed by atoms with Crippen LogP contribution in [0.25, 0.3) is 0 Å². The van der Waals surface area contributed by atoms with E-state index in [1.54, 1.807) is 0 Å². The molecule has 1 heterocycles. The number of halogens is 1. The Morgan fingerprint density at radius 3 is 2.10 bits per heavy atom. The van der Waals surface area contributed by atoms with Crippen LogP contribution in [-0.4, -0.2) is 11.8 Å². The van der Waals surface area contributed by atoms with E-state index in [9.17, 15) is 9.59 Å². The average Bonchev–Trinajstić information content (AvgIpc) is 2.63. The summed E-state index contributed by atoms with van der Waals surface area (Å²) in [6.07, 6.45) is 1.45. The molecule has 1 saturated heterocycles. The van der Waals surface area contributed by atoms with Gasteiger partial charge in [0.25, 0.3) is 0 Å². The van der Waals surface area contributed by atoms with Crippen LogP contribution in [-0.2, 0) is 9.59 Å². The summed E-state index contributed by atoms with van der Waals surface area (Å²) in [5.74, 6) is -0.393. The molecular weight excluding hydrogens is 365 g/mol. The molecule has 0 N–H and O–H groups in total. The molecule has 0 saturated carbocycles. The largest absolute Gasteiger partial charge is 0.274 e. The van der Waals surface area contributed by atoms with Crippen molar-refractivity contribution >= 4 is 40.1 Å². The molecule has 3 rings (SSSR count). The molecule has 4 heteroatoms. The number of nitrogens with zero attached hydrogens (tertiary/aromatic N) is 1. The first-order valence-electron chi connectivity index (χ1n) is 6.77. The van der Waals surface area contributed by atoms with Gasteiger partial charge in [-0.3, -0.25) is 9.59 Å². The highest BCUT2D eigenvalue weighted by atomic mass is 127. The van der Waals surface area contributed by atoms with E-state index >= 15 is 0 Å². The summed E-state index contributed by atoms with van der Waals surface area (Å²) >= 11 is 2.20. The molecule has 3 nitrogen and oxygen atoms in total. The van der Waals surface area contributed by atoms with Gasteiger partial charge in [0.2, 0.25) is 11.8 Å². The highest BCUT2D eigenvalue weighted by Crippen LogP contribution is 2.42. The molecule has 0 unspecified atom stereocenters. The Labute approximate surface area is 132 Å². The Morgan fingerprint density at radius 2 is 1.60 bits per heavy atom. The SMILES string of the molecule is CC1=C(C)C[C@H]2C(=O)N(c3cccc(I)c3)C(=O)[C@H]2C1. The number of allylic oxidation sites excluding steroid dienone is 2. The summed E-state index contributed by atoms with van der Waals surface area (Å²) in [4.78, 5) is 26.6. The number of imide groups is 1. The lowest BCUT2D eigenvalue weighted by molar-refractivity contribution is -0.122. The monoisotopic (exact) mass is 381 g/mol. The van der Waals surface area contributed by atoms with Crippen LogP contribution in [0.4, 0.5) is 5.69 Å². The maximum absolute atomic E-state index is 12.6. The van der Waals surface area contributed by atoms with Crippen LogP contribution in [0, 0.1) is 15.4 Å². The van der Waals surface area contributed by atoms with Gasteiger partial charge in [-0.25, -0.2) is 4.90 Å². The van der Waals surface area contributed by atoms with Crippen LogP contribution in [0.15, 0.2) is 35.4 Å². The minimum Gasteiger partial charge on any atom is -0.274 e. The molecule has 0 bridgehead atoms. The maximum atomic E-state index is 12.6. The topological polar surface area (TPSA) is 37.4 Å². The fourth-order valence-electron chi connectivity index (χ4n) is 3.12. The highest BCUT2D eigenvalue weighted by Gasteiger charge is 2.49. The normalized spacial score (nSPS) is 26.2. The van der Waals surface area contributed by atoms with Gasteiger partial charge in [0.1, 0.15) is 0 Å². The standard InChI is InChI=1S/C16H16INO2/c1-9-6-13-14(7-10(9)2)16(20)18(15(13)19)12-5-3-4-11(17)8-12/h3-5,8,13-14H,6-7H2,1-2H3/t13-,14+. The molecule has 2 atom stereocenters. The van der Waals surface area contributed by atoms with Gasteiger partial charge in [-0.1, -0.05) is 17.2 Å². The second-order valence-corrected chi connectivity index (χ2v) is 6.92. The van der Waals surface area contributed by atoms with Gasteiger partial charge < -0.3 is 0 Å². The number of fused-ring (bicyclic) bond motifs is 1. The van der Waals surface area contributed by atoms with Gasteiger partial charge in [0, 0.05) is 3.57 Å². The third kappa shape index (κ3) is 2.10. The fraction of sp³-hybridized carbons (Fsp3) is 0.375. The van der Waals surface area contributed by atoms with Crippen LogP contribution in [0.3, 0.4) is 0 Å². The van der Waals surface area contributed by atoms with E-state index in [-0.39, 0.29) is 23.7 Å². The lowest BCUT2D eigenvalue weighted by Gasteiger charge is -2.23. The molecule has 1 aliphatic carbocycles. The van der Waals surface area contributed by atoms with Crippen molar-refractivity contribution in [2.45, 2.75) is 26.7 Å². The van der Waals surface area contributed by atoms with Crippen molar-refractivity contribution in [1.82, 2.24) is 0 Å². The molecule has 1 aliphatic heterocycles. The van der Waals surface area contributed by atoms with Crippen LogP contribution < -0.4 is 4.90 Å². The molecule has 1 aromatic carbocycles. The number of hydrogen-bond acceptors (Lipinski definition) is 2. The third-order valence-corrected chi connectivity index (χ3v) is 5.08. The van der Waals surface area contributed by atoms with Gasteiger partial charge in [0.05, 0.1) is 17.5 Å².